The van der Waals surface area contributed by atoms with Crippen molar-refractivity contribution in [3.05, 3.63) is 23.9 Å². The Bertz CT molecular complexity index is 665. The summed E-state index contributed by atoms with van der Waals surface area (Å²) >= 11 is 0. The number of anilines is 1. The Morgan fingerprint density at radius 2 is 1.68 bits per heavy atom. The van der Waals surface area contributed by atoms with Crippen LogP contribution < -0.4 is 10.6 Å². The third-order valence-corrected chi connectivity index (χ3v) is 6.69. The van der Waals surface area contributed by atoms with Crippen LogP contribution in [-0.4, -0.2) is 22.8 Å². The average molecular weight is 341 g/mol. The number of nitrogens with one attached hydrogen (secondary N) is 2. The zero-order chi connectivity index (χ0) is 17.6. The number of rotatable bonds is 3. The largest absolute Gasteiger partial charge is 0.345 e. The molecule has 1 aromatic heterocycles. The van der Waals surface area contributed by atoms with Gasteiger partial charge in [0.2, 0.25) is 0 Å². The second-order valence-electron chi connectivity index (χ2n) is 8.59. The predicted octanol–water partition coefficient (Wildman–Crippen LogP) is 3.05. The van der Waals surface area contributed by atoms with Crippen LogP contribution in [0.2, 0.25) is 0 Å². The SMILES string of the molecule is Cc1cccc(NC(=O)C(=O)NC(C)C23CC4CC(CC(C4)C2)C3)n1. The van der Waals surface area contributed by atoms with E-state index in [4.69, 9.17) is 0 Å². The molecule has 2 N–H and O–H groups in total. The van der Waals surface area contributed by atoms with Crippen molar-refractivity contribution >= 4 is 17.6 Å². The van der Waals surface area contributed by atoms with Crippen molar-refractivity contribution in [3.8, 4) is 0 Å². The van der Waals surface area contributed by atoms with Crippen LogP contribution in [0.3, 0.4) is 0 Å². The van der Waals surface area contributed by atoms with Crippen molar-refractivity contribution in [1.82, 2.24) is 10.3 Å². The quantitative estimate of drug-likeness (QED) is 0.830. The van der Waals surface area contributed by atoms with Crippen LogP contribution in [0.5, 0.6) is 0 Å². The number of hydrogen-bond donors (Lipinski definition) is 2. The van der Waals surface area contributed by atoms with Crippen LogP contribution in [0.1, 0.15) is 51.1 Å². The smallest absolute Gasteiger partial charge is 0.314 e. The van der Waals surface area contributed by atoms with Gasteiger partial charge in [-0.25, -0.2) is 4.98 Å². The van der Waals surface area contributed by atoms with E-state index < -0.39 is 11.8 Å². The molecule has 4 fully saturated rings. The van der Waals surface area contributed by atoms with E-state index in [0.717, 1.165) is 23.4 Å². The molecule has 2 amide bonds. The van der Waals surface area contributed by atoms with E-state index >= 15 is 0 Å². The fraction of sp³-hybridized carbons (Fsp3) is 0.650. The minimum Gasteiger partial charge on any atom is -0.345 e. The first-order valence-electron chi connectivity index (χ1n) is 9.49. The monoisotopic (exact) mass is 341 g/mol. The molecule has 5 heteroatoms. The van der Waals surface area contributed by atoms with E-state index in [0.29, 0.717) is 5.82 Å². The van der Waals surface area contributed by atoms with Gasteiger partial charge in [-0.15, -0.1) is 0 Å². The van der Waals surface area contributed by atoms with Crippen molar-refractivity contribution in [2.24, 2.45) is 23.2 Å². The zero-order valence-corrected chi connectivity index (χ0v) is 15.0. The molecule has 1 atom stereocenters. The Morgan fingerprint density at radius 1 is 1.08 bits per heavy atom. The summed E-state index contributed by atoms with van der Waals surface area (Å²) in [6, 6.07) is 5.41. The van der Waals surface area contributed by atoms with Gasteiger partial charge in [0.05, 0.1) is 0 Å². The lowest BCUT2D eigenvalue weighted by atomic mass is 9.48. The lowest BCUT2D eigenvalue weighted by molar-refractivity contribution is -0.138. The molecule has 5 rings (SSSR count). The topological polar surface area (TPSA) is 71.1 Å². The maximum absolute atomic E-state index is 12.4. The van der Waals surface area contributed by atoms with Crippen LogP contribution in [-0.2, 0) is 9.59 Å². The second kappa shape index (κ2) is 6.11. The fourth-order valence-electron chi connectivity index (χ4n) is 5.91. The number of hydrogen-bond acceptors (Lipinski definition) is 3. The molecule has 5 nitrogen and oxygen atoms in total. The van der Waals surface area contributed by atoms with Gasteiger partial charge in [0, 0.05) is 11.7 Å². The Morgan fingerprint density at radius 3 is 2.24 bits per heavy atom. The van der Waals surface area contributed by atoms with Gasteiger partial charge in [0.15, 0.2) is 0 Å². The molecule has 4 aliphatic carbocycles. The summed E-state index contributed by atoms with van der Waals surface area (Å²) in [5.74, 6) is 1.73. The van der Waals surface area contributed by atoms with Crippen LogP contribution >= 0.6 is 0 Å². The van der Waals surface area contributed by atoms with Gasteiger partial charge >= 0.3 is 11.8 Å². The molecule has 134 valence electrons. The van der Waals surface area contributed by atoms with E-state index in [2.05, 4.69) is 22.5 Å². The van der Waals surface area contributed by atoms with Crippen LogP contribution in [0.15, 0.2) is 18.2 Å². The molecule has 1 unspecified atom stereocenters. The van der Waals surface area contributed by atoms with Gasteiger partial charge in [0.1, 0.15) is 5.82 Å². The summed E-state index contributed by atoms with van der Waals surface area (Å²) in [6.07, 6.45) is 7.75. The number of nitrogens with zero attached hydrogens (tertiary/aromatic N) is 1. The molecule has 4 saturated carbocycles. The molecular formula is C20H27N3O2. The Kier molecular flexibility index (Phi) is 4.05. The molecule has 0 spiro atoms. The van der Waals surface area contributed by atoms with Crippen LogP contribution in [0, 0.1) is 30.1 Å². The van der Waals surface area contributed by atoms with Crippen molar-refractivity contribution in [2.75, 3.05) is 5.32 Å². The summed E-state index contributed by atoms with van der Waals surface area (Å²) < 4.78 is 0. The number of aromatic nitrogens is 1. The highest BCUT2D eigenvalue weighted by molar-refractivity contribution is 6.39. The summed E-state index contributed by atoms with van der Waals surface area (Å²) in [5.41, 5.74) is 1.01. The summed E-state index contributed by atoms with van der Waals surface area (Å²) in [5, 5.41) is 5.59. The highest BCUT2D eigenvalue weighted by atomic mass is 16.2. The highest BCUT2D eigenvalue weighted by Gasteiger charge is 2.53. The zero-order valence-electron chi connectivity index (χ0n) is 15.0. The molecule has 0 radical (unpaired) electrons. The normalized spacial score (nSPS) is 33.8. The lowest BCUT2D eigenvalue weighted by Gasteiger charge is -2.59. The van der Waals surface area contributed by atoms with Crippen molar-refractivity contribution in [2.45, 2.75) is 58.4 Å². The Labute approximate surface area is 149 Å². The minimum atomic E-state index is -0.630. The standard InChI is InChI=1S/C20H27N3O2/c1-12-4-3-5-17(21-12)23-19(25)18(24)22-13(2)20-9-14-6-15(10-20)8-16(7-14)11-20/h3-5,13-16H,6-11H2,1-2H3,(H,22,24)(H,21,23,25). The van der Waals surface area contributed by atoms with E-state index in [1.54, 1.807) is 6.07 Å². The molecule has 25 heavy (non-hydrogen) atoms. The summed E-state index contributed by atoms with van der Waals surface area (Å²) in [7, 11) is 0. The van der Waals surface area contributed by atoms with Gasteiger partial charge in [-0.3, -0.25) is 9.59 Å². The number of carbonyl (C=O) groups excluding carboxylic acids is 2. The van der Waals surface area contributed by atoms with Crippen molar-refractivity contribution in [1.29, 1.82) is 0 Å². The number of amides is 2. The van der Waals surface area contributed by atoms with Crippen molar-refractivity contribution < 1.29 is 9.59 Å². The molecule has 1 heterocycles. The molecular weight excluding hydrogens is 314 g/mol. The predicted molar refractivity (Wildman–Crippen MR) is 95.8 cm³/mol. The Balaban J connectivity index is 1.39. The van der Waals surface area contributed by atoms with Gasteiger partial charge in [-0.2, -0.15) is 0 Å². The number of pyridine rings is 1. The summed E-state index contributed by atoms with van der Waals surface area (Å²) in [4.78, 5) is 28.8. The maximum atomic E-state index is 12.4. The fourth-order valence-corrected chi connectivity index (χ4v) is 5.91. The molecule has 4 bridgehead atoms. The van der Waals surface area contributed by atoms with Gasteiger partial charge in [0.25, 0.3) is 0 Å². The third-order valence-electron chi connectivity index (χ3n) is 6.69. The third kappa shape index (κ3) is 3.16. The van der Waals surface area contributed by atoms with E-state index in [9.17, 15) is 9.59 Å². The molecule has 0 aromatic carbocycles. The average Bonchev–Trinajstić information content (AvgIpc) is 2.53. The van der Waals surface area contributed by atoms with Crippen molar-refractivity contribution in [3.63, 3.8) is 0 Å². The first-order chi connectivity index (χ1) is 11.9. The molecule has 4 aliphatic rings. The Hall–Kier alpha value is -1.91. The number of aryl methyl sites for hydroxylation is 1. The van der Waals surface area contributed by atoms with Gasteiger partial charge < -0.3 is 10.6 Å². The second-order valence-corrected chi connectivity index (χ2v) is 8.59. The first-order valence-corrected chi connectivity index (χ1v) is 9.49. The maximum Gasteiger partial charge on any atom is 0.314 e. The van der Waals surface area contributed by atoms with Gasteiger partial charge in [-0.05, 0) is 87.7 Å². The van der Waals surface area contributed by atoms with E-state index in [1.165, 1.54) is 38.5 Å². The molecule has 0 saturated heterocycles. The first kappa shape index (κ1) is 16.6. The van der Waals surface area contributed by atoms with E-state index in [1.807, 2.05) is 19.1 Å². The molecule has 0 aliphatic heterocycles. The highest BCUT2D eigenvalue weighted by Crippen LogP contribution is 2.61. The minimum absolute atomic E-state index is 0.0459. The summed E-state index contributed by atoms with van der Waals surface area (Å²) in [6.45, 7) is 3.94. The number of carbonyl (C=O) groups is 2. The van der Waals surface area contributed by atoms with E-state index in [-0.39, 0.29) is 11.5 Å². The molecule has 1 aromatic rings. The van der Waals surface area contributed by atoms with Crippen LogP contribution in [0.4, 0.5) is 5.82 Å². The van der Waals surface area contributed by atoms with Gasteiger partial charge in [-0.1, -0.05) is 6.07 Å². The van der Waals surface area contributed by atoms with Crippen LogP contribution in [0.25, 0.3) is 0 Å². The lowest BCUT2D eigenvalue weighted by Crippen LogP contribution is -2.57.